The Bertz CT molecular complexity index is 560. The topological polar surface area (TPSA) is 52.6 Å². The van der Waals surface area contributed by atoms with Gasteiger partial charge in [-0.1, -0.05) is 13.0 Å². The van der Waals surface area contributed by atoms with Gasteiger partial charge in [-0.05, 0) is 44.1 Å². The maximum absolute atomic E-state index is 13.9. The number of rotatable bonds is 5. The fraction of sp³-hybridized carbons (Fsp3) is 0.611. The molecular weight excluding hydrogens is 314 g/mol. The van der Waals surface area contributed by atoms with E-state index in [1.165, 1.54) is 12.1 Å². The molecule has 134 valence electrons. The minimum atomic E-state index is -0.645. The van der Waals surface area contributed by atoms with Gasteiger partial charge in [0.15, 0.2) is 0 Å². The van der Waals surface area contributed by atoms with E-state index in [1.807, 2.05) is 6.92 Å². The number of benzene rings is 1. The Morgan fingerprint density at radius 2 is 2.00 bits per heavy atom. The van der Waals surface area contributed by atoms with Gasteiger partial charge in [-0.15, -0.1) is 0 Å². The Kier molecular flexibility index (Phi) is 6.54. The van der Waals surface area contributed by atoms with Gasteiger partial charge >= 0.3 is 6.03 Å². The van der Waals surface area contributed by atoms with Crippen molar-refractivity contribution in [3.05, 3.63) is 35.4 Å². The van der Waals surface area contributed by atoms with E-state index in [0.717, 1.165) is 31.7 Å². The highest BCUT2D eigenvalue weighted by atomic mass is 19.1. The summed E-state index contributed by atoms with van der Waals surface area (Å²) in [5.74, 6) is -0.946. The van der Waals surface area contributed by atoms with E-state index in [4.69, 9.17) is 0 Å². The second-order valence-corrected chi connectivity index (χ2v) is 6.54. The molecule has 1 aliphatic carbocycles. The lowest BCUT2D eigenvalue weighted by Gasteiger charge is -2.35. The summed E-state index contributed by atoms with van der Waals surface area (Å²) < 4.78 is 27.0. The summed E-state index contributed by atoms with van der Waals surface area (Å²) in [5.41, 5.74) is 0.296. The van der Waals surface area contributed by atoms with Crippen LogP contribution in [0.1, 0.15) is 50.6 Å². The maximum Gasteiger partial charge on any atom is 0.317 e. The number of nitrogens with zero attached hydrogens (tertiary/aromatic N) is 1. The van der Waals surface area contributed by atoms with Crippen LogP contribution in [0.3, 0.4) is 0 Å². The van der Waals surface area contributed by atoms with Crippen molar-refractivity contribution in [2.24, 2.45) is 5.92 Å². The molecule has 1 unspecified atom stereocenters. The Balaban J connectivity index is 1.98. The molecule has 24 heavy (non-hydrogen) atoms. The molecule has 6 heteroatoms. The lowest BCUT2D eigenvalue weighted by atomic mass is 9.86. The lowest BCUT2D eigenvalue weighted by Crippen LogP contribution is -2.46. The molecule has 1 aliphatic rings. The first-order valence-electron chi connectivity index (χ1n) is 8.55. The molecule has 0 bridgehead atoms. The van der Waals surface area contributed by atoms with Crippen LogP contribution in [-0.4, -0.2) is 35.7 Å². The summed E-state index contributed by atoms with van der Waals surface area (Å²) in [7, 11) is 1.74. The number of carbonyl (C=O) groups is 1. The van der Waals surface area contributed by atoms with Crippen LogP contribution < -0.4 is 5.32 Å². The third-order valence-corrected chi connectivity index (χ3v) is 4.99. The molecule has 0 heterocycles. The normalized spacial score (nSPS) is 22.0. The van der Waals surface area contributed by atoms with Crippen LogP contribution in [0.5, 0.6) is 0 Å². The van der Waals surface area contributed by atoms with E-state index in [2.05, 4.69) is 5.32 Å². The third-order valence-electron chi connectivity index (χ3n) is 4.99. The van der Waals surface area contributed by atoms with Gasteiger partial charge in [0.2, 0.25) is 0 Å². The summed E-state index contributed by atoms with van der Waals surface area (Å²) in [4.78, 5) is 14.1. The van der Waals surface area contributed by atoms with E-state index in [9.17, 15) is 18.7 Å². The number of carbonyl (C=O) groups excluding carboxylic acids is 1. The molecule has 1 aromatic rings. The summed E-state index contributed by atoms with van der Waals surface area (Å²) in [6, 6.07) is 2.80. The van der Waals surface area contributed by atoms with Gasteiger partial charge in [-0.3, -0.25) is 0 Å². The van der Waals surface area contributed by atoms with E-state index < -0.39 is 17.7 Å². The SMILES string of the molecule is CCC(NC(=O)N(C)C1CCC(CO)CC1)c1ccc(F)cc1F. The standard InChI is InChI=1S/C18H26F2N2O2/c1-3-17(15-9-6-13(19)10-16(15)20)21-18(24)22(2)14-7-4-12(11-23)5-8-14/h6,9-10,12,14,17,23H,3-5,7-8,11H2,1-2H3,(H,21,24). The molecule has 0 aromatic heterocycles. The molecule has 0 saturated heterocycles. The first-order valence-corrected chi connectivity index (χ1v) is 8.55. The van der Waals surface area contributed by atoms with Crippen LogP contribution in [0, 0.1) is 17.6 Å². The highest BCUT2D eigenvalue weighted by Gasteiger charge is 2.27. The molecule has 0 spiro atoms. The quantitative estimate of drug-likeness (QED) is 0.860. The van der Waals surface area contributed by atoms with Crippen molar-refractivity contribution in [2.75, 3.05) is 13.7 Å². The van der Waals surface area contributed by atoms with Crippen molar-refractivity contribution >= 4 is 6.03 Å². The lowest BCUT2D eigenvalue weighted by molar-refractivity contribution is 0.132. The average Bonchev–Trinajstić information content (AvgIpc) is 2.59. The van der Waals surface area contributed by atoms with Gasteiger partial charge in [-0.25, -0.2) is 13.6 Å². The molecule has 2 N–H and O–H groups in total. The van der Waals surface area contributed by atoms with Crippen molar-refractivity contribution in [3.63, 3.8) is 0 Å². The Morgan fingerprint density at radius 1 is 1.33 bits per heavy atom. The van der Waals surface area contributed by atoms with Crippen molar-refractivity contribution < 1.29 is 18.7 Å². The van der Waals surface area contributed by atoms with Gasteiger partial charge in [0.05, 0.1) is 6.04 Å². The minimum Gasteiger partial charge on any atom is -0.396 e. The Labute approximate surface area is 141 Å². The molecule has 1 aromatic carbocycles. The summed E-state index contributed by atoms with van der Waals surface area (Å²) in [6.45, 7) is 2.05. The first kappa shape index (κ1) is 18.6. The monoisotopic (exact) mass is 340 g/mol. The van der Waals surface area contributed by atoms with E-state index in [1.54, 1.807) is 11.9 Å². The fourth-order valence-corrected chi connectivity index (χ4v) is 3.32. The summed E-state index contributed by atoms with van der Waals surface area (Å²) in [5, 5.41) is 12.0. The first-order chi connectivity index (χ1) is 11.5. The van der Waals surface area contributed by atoms with Crippen LogP contribution in [0.15, 0.2) is 18.2 Å². The van der Waals surface area contributed by atoms with Gasteiger partial charge in [-0.2, -0.15) is 0 Å². The largest absolute Gasteiger partial charge is 0.396 e. The number of hydrogen-bond donors (Lipinski definition) is 2. The molecule has 0 aliphatic heterocycles. The molecule has 1 fully saturated rings. The van der Waals surface area contributed by atoms with Crippen molar-refractivity contribution in [1.29, 1.82) is 0 Å². The van der Waals surface area contributed by atoms with Gasteiger partial charge < -0.3 is 15.3 Å². The molecule has 1 saturated carbocycles. The highest BCUT2D eigenvalue weighted by Crippen LogP contribution is 2.27. The van der Waals surface area contributed by atoms with Gasteiger partial charge in [0.1, 0.15) is 11.6 Å². The minimum absolute atomic E-state index is 0.128. The van der Waals surface area contributed by atoms with Gasteiger partial charge in [0.25, 0.3) is 0 Å². The van der Waals surface area contributed by atoms with Crippen molar-refractivity contribution in [2.45, 2.75) is 51.1 Å². The van der Waals surface area contributed by atoms with Crippen LogP contribution in [0.2, 0.25) is 0 Å². The van der Waals surface area contributed by atoms with E-state index in [0.29, 0.717) is 17.9 Å². The summed E-state index contributed by atoms with van der Waals surface area (Å²) >= 11 is 0. The zero-order chi connectivity index (χ0) is 17.7. The average molecular weight is 340 g/mol. The fourth-order valence-electron chi connectivity index (χ4n) is 3.32. The van der Waals surface area contributed by atoms with Crippen LogP contribution >= 0.6 is 0 Å². The highest BCUT2D eigenvalue weighted by molar-refractivity contribution is 5.74. The maximum atomic E-state index is 13.9. The van der Waals surface area contributed by atoms with Crippen molar-refractivity contribution in [3.8, 4) is 0 Å². The molecule has 4 nitrogen and oxygen atoms in total. The number of nitrogens with one attached hydrogen (secondary N) is 1. The second-order valence-electron chi connectivity index (χ2n) is 6.54. The second kappa shape index (κ2) is 8.42. The third kappa shape index (κ3) is 4.44. The number of amides is 2. The summed E-state index contributed by atoms with van der Waals surface area (Å²) in [6.07, 6.45) is 4.04. The van der Waals surface area contributed by atoms with Crippen LogP contribution in [0.4, 0.5) is 13.6 Å². The predicted octanol–water partition coefficient (Wildman–Crippen LogP) is 3.61. The van der Waals surface area contributed by atoms with Crippen LogP contribution in [-0.2, 0) is 0 Å². The Morgan fingerprint density at radius 3 is 2.54 bits per heavy atom. The Hall–Kier alpha value is -1.69. The predicted molar refractivity (Wildman–Crippen MR) is 88.5 cm³/mol. The molecular formula is C18H26F2N2O2. The van der Waals surface area contributed by atoms with Crippen LogP contribution in [0.25, 0.3) is 0 Å². The molecule has 2 rings (SSSR count). The van der Waals surface area contributed by atoms with Gasteiger partial charge in [0, 0.05) is 31.3 Å². The molecule has 1 atom stereocenters. The van der Waals surface area contributed by atoms with Crippen molar-refractivity contribution in [1.82, 2.24) is 10.2 Å². The number of urea groups is 1. The molecule has 0 radical (unpaired) electrons. The molecule has 2 amide bonds. The number of halogens is 2. The van der Waals surface area contributed by atoms with E-state index >= 15 is 0 Å². The number of aliphatic hydroxyl groups is 1. The zero-order valence-electron chi connectivity index (χ0n) is 14.3. The smallest absolute Gasteiger partial charge is 0.317 e. The number of aliphatic hydroxyl groups excluding tert-OH is 1. The zero-order valence-corrected chi connectivity index (χ0v) is 14.3. The number of hydrogen-bond acceptors (Lipinski definition) is 2. The van der Waals surface area contributed by atoms with E-state index in [-0.39, 0.29) is 18.7 Å².